The van der Waals surface area contributed by atoms with Gasteiger partial charge in [-0.3, -0.25) is 0 Å². The van der Waals surface area contributed by atoms with Gasteiger partial charge in [0.25, 0.3) is 0 Å². The van der Waals surface area contributed by atoms with Crippen molar-refractivity contribution in [3.63, 3.8) is 0 Å². The van der Waals surface area contributed by atoms with E-state index in [2.05, 4.69) is 49.9 Å². The predicted molar refractivity (Wildman–Crippen MR) is 89.3 cm³/mol. The molecule has 1 unspecified atom stereocenters. The van der Waals surface area contributed by atoms with Crippen molar-refractivity contribution in [1.29, 1.82) is 0 Å². The van der Waals surface area contributed by atoms with Crippen LogP contribution in [0.15, 0.2) is 0 Å². The Morgan fingerprint density at radius 2 is 1.80 bits per heavy atom. The summed E-state index contributed by atoms with van der Waals surface area (Å²) in [6, 6.07) is 1.46. The Labute approximate surface area is 127 Å². The van der Waals surface area contributed by atoms with Crippen molar-refractivity contribution in [2.24, 2.45) is 5.92 Å². The molecular formula is C17H37N3. The van der Waals surface area contributed by atoms with E-state index in [1.165, 1.54) is 51.9 Å². The maximum Gasteiger partial charge on any atom is 0.0117 e. The van der Waals surface area contributed by atoms with Crippen molar-refractivity contribution in [1.82, 2.24) is 15.1 Å². The van der Waals surface area contributed by atoms with Crippen molar-refractivity contribution in [3.05, 3.63) is 0 Å². The van der Waals surface area contributed by atoms with Gasteiger partial charge in [-0.05, 0) is 65.2 Å². The third kappa shape index (κ3) is 7.05. The first-order valence-electron chi connectivity index (χ1n) is 8.68. The lowest BCUT2D eigenvalue weighted by molar-refractivity contribution is 0.131. The van der Waals surface area contributed by atoms with Crippen LogP contribution in [0.25, 0.3) is 0 Å². The Bertz CT molecular complexity index is 234. The van der Waals surface area contributed by atoms with Crippen LogP contribution in [-0.2, 0) is 0 Å². The molecule has 1 aliphatic rings. The molecule has 3 heteroatoms. The molecule has 20 heavy (non-hydrogen) atoms. The molecule has 0 aliphatic carbocycles. The van der Waals surface area contributed by atoms with Gasteiger partial charge in [-0.1, -0.05) is 20.8 Å². The van der Waals surface area contributed by atoms with E-state index in [9.17, 15) is 0 Å². The van der Waals surface area contributed by atoms with Gasteiger partial charge >= 0.3 is 0 Å². The summed E-state index contributed by atoms with van der Waals surface area (Å²) in [6.45, 7) is 15.3. The highest BCUT2D eigenvalue weighted by atomic mass is 15.2. The van der Waals surface area contributed by atoms with Crippen LogP contribution in [0.2, 0.25) is 0 Å². The topological polar surface area (TPSA) is 18.5 Å². The van der Waals surface area contributed by atoms with Crippen LogP contribution in [-0.4, -0.2) is 61.7 Å². The van der Waals surface area contributed by atoms with Gasteiger partial charge < -0.3 is 15.1 Å². The largest absolute Gasteiger partial charge is 0.313 e. The molecule has 1 rings (SSSR count). The van der Waals surface area contributed by atoms with Crippen LogP contribution in [0, 0.1) is 5.92 Å². The Kier molecular flexibility index (Phi) is 8.74. The smallest absolute Gasteiger partial charge is 0.0117 e. The quantitative estimate of drug-likeness (QED) is 0.702. The van der Waals surface area contributed by atoms with Gasteiger partial charge in [0, 0.05) is 25.2 Å². The first kappa shape index (κ1) is 17.9. The highest BCUT2D eigenvalue weighted by molar-refractivity contribution is 4.78. The van der Waals surface area contributed by atoms with Crippen molar-refractivity contribution >= 4 is 0 Å². The fourth-order valence-corrected chi connectivity index (χ4v) is 3.03. The molecule has 0 spiro atoms. The lowest BCUT2D eigenvalue weighted by Gasteiger charge is -2.36. The van der Waals surface area contributed by atoms with Crippen molar-refractivity contribution in [3.8, 4) is 0 Å². The summed E-state index contributed by atoms with van der Waals surface area (Å²) < 4.78 is 0. The number of nitrogens with one attached hydrogen (secondary N) is 1. The normalized spacial score (nSPS) is 19.9. The lowest BCUT2D eigenvalue weighted by atomic mass is 10.0. The number of likely N-dealkylation sites (N-methyl/N-ethyl adjacent to an activating group) is 1. The van der Waals surface area contributed by atoms with E-state index in [1.807, 2.05) is 0 Å². The van der Waals surface area contributed by atoms with E-state index in [4.69, 9.17) is 0 Å². The van der Waals surface area contributed by atoms with Crippen molar-refractivity contribution in [2.75, 3.05) is 39.8 Å². The highest BCUT2D eigenvalue weighted by Gasteiger charge is 2.21. The summed E-state index contributed by atoms with van der Waals surface area (Å²) in [6.07, 6.45) is 5.32. The minimum absolute atomic E-state index is 0.660. The molecule has 0 radical (unpaired) electrons. The second kappa shape index (κ2) is 9.75. The molecule has 0 aromatic rings. The molecule has 0 saturated carbocycles. The molecule has 120 valence electrons. The monoisotopic (exact) mass is 283 g/mol. The van der Waals surface area contributed by atoms with E-state index in [0.29, 0.717) is 6.04 Å². The van der Waals surface area contributed by atoms with Crippen LogP contribution in [0.5, 0.6) is 0 Å². The highest BCUT2D eigenvalue weighted by Crippen LogP contribution is 2.14. The molecule has 1 saturated heterocycles. The summed E-state index contributed by atoms with van der Waals surface area (Å²) in [7, 11) is 2.30. The van der Waals surface area contributed by atoms with Gasteiger partial charge in [-0.15, -0.1) is 0 Å². The Morgan fingerprint density at radius 3 is 2.35 bits per heavy atom. The zero-order chi connectivity index (χ0) is 15.0. The number of rotatable bonds is 9. The molecule has 1 fully saturated rings. The summed E-state index contributed by atoms with van der Waals surface area (Å²) in [5.41, 5.74) is 0. The maximum absolute atomic E-state index is 3.68. The zero-order valence-electron chi connectivity index (χ0n) is 14.5. The summed E-state index contributed by atoms with van der Waals surface area (Å²) in [5.74, 6) is 0.825. The molecule has 0 aromatic heterocycles. The molecule has 3 nitrogen and oxygen atoms in total. The molecule has 0 bridgehead atoms. The van der Waals surface area contributed by atoms with Crippen molar-refractivity contribution in [2.45, 2.75) is 65.5 Å². The SMILES string of the molecule is CCN1CCC(N(C)CCNC(C)CCC(C)C)CC1. The number of nitrogens with zero attached hydrogens (tertiary/aromatic N) is 2. The standard InChI is InChI=1S/C17H37N3/c1-6-20-12-9-17(10-13-20)19(5)14-11-18-16(4)8-7-15(2)3/h15-18H,6-14H2,1-5H3. The van der Waals surface area contributed by atoms with E-state index in [1.54, 1.807) is 0 Å². The van der Waals surface area contributed by atoms with Crippen LogP contribution < -0.4 is 5.32 Å². The summed E-state index contributed by atoms with van der Waals surface area (Å²) in [4.78, 5) is 5.13. The van der Waals surface area contributed by atoms with E-state index in [0.717, 1.165) is 18.5 Å². The number of likely N-dealkylation sites (tertiary alicyclic amines) is 1. The minimum atomic E-state index is 0.660. The average molecular weight is 284 g/mol. The van der Waals surface area contributed by atoms with E-state index in [-0.39, 0.29) is 0 Å². The Morgan fingerprint density at radius 1 is 1.15 bits per heavy atom. The summed E-state index contributed by atoms with van der Waals surface area (Å²) >= 11 is 0. The van der Waals surface area contributed by atoms with Crippen LogP contribution in [0.1, 0.15) is 53.4 Å². The predicted octanol–water partition coefficient (Wildman–Crippen LogP) is 2.82. The second-order valence-corrected chi connectivity index (χ2v) is 6.97. The zero-order valence-corrected chi connectivity index (χ0v) is 14.5. The molecular weight excluding hydrogens is 246 g/mol. The first-order valence-corrected chi connectivity index (χ1v) is 8.68. The molecule has 0 aromatic carbocycles. The molecule has 1 atom stereocenters. The summed E-state index contributed by atoms with van der Waals surface area (Å²) in [5, 5.41) is 3.68. The first-order chi connectivity index (χ1) is 9.52. The fraction of sp³-hybridized carbons (Fsp3) is 1.00. The minimum Gasteiger partial charge on any atom is -0.313 e. The van der Waals surface area contributed by atoms with Crippen molar-refractivity contribution < 1.29 is 0 Å². The van der Waals surface area contributed by atoms with Crippen LogP contribution >= 0.6 is 0 Å². The fourth-order valence-electron chi connectivity index (χ4n) is 3.03. The van der Waals surface area contributed by atoms with Gasteiger partial charge in [-0.25, -0.2) is 0 Å². The molecule has 0 amide bonds. The maximum atomic E-state index is 3.68. The number of hydrogen-bond acceptors (Lipinski definition) is 3. The molecule has 1 heterocycles. The van der Waals surface area contributed by atoms with Gasteiger partial charge in [0.15, 0.2) is 0 Å². The van der Waals surface area contributed by atoms with Gasteiger partial charge in [0.2, 0.25) is 0 Å². The van der Waals surface area contributed by atoms with E-state index >= 15 is 0 Å². The number of piperidine rings is 1. The van der Waals surface area contributed by atoms with Gasteiger partial charge in [0.05, 0.1) is 0 Å². The third-order valence-electron chi connectivity index (χ3n) is 4.76. The molecule has 1 aliphatic heterocycles. The Balaban J connectivity index is 2.09. The second-order valence-electron chi connectivity index (χ2n) is 6.97. The van der Waals surface area contributed by atoms with Crippen LogP contribution in [0.3, 0.4) is 0 Å². The third-order valence-corrected chi connectivity index (χ3v) is 4.76. The van der Waals surface area contributed by atoms with Gasteiger partial charge in [0.1, 0.15) is 0 Å². The van der Waals surface area contributed by atoms with Gasteiger partial charge in [-0.2, -0.15) is 0 Å². The van der Waals surface area contributed by atoms with Crippen LogP contribution in [0.4, 0.5) is 0 Å². The lowest BCUT2D eigenvalue weighted by Crippen LogP contribution is -2.45. The average Bonchev–Trinajstić information content (AvgIpc) is 2.45. The Hall–Kier alpha value is -0.120. The number of hydrogen-bond donors (Lipinski definition) is 1. The van der Waals surface area contributed by atoms with E-state index < -0.39 is 0 Å². The molecule has 1 N–H and O–H groups in total.